The van der Waals surface area contributed by atoms with Crippen molar-refractivity contribution in [1.29, 1.82) is 0 Å². The van der Waals surface area contributed by atoms with E-state index in [2.05, 4.69) is 0 Å². The minimum absolute atomic E-state index is 0.0489. The molecular weight excluding hydrogens is 371 g/mol. The second kappa shape index (κ2) is 8.06. The lowest BCUT2D eigenvalue weighted by atomic mass is 10.1. The molecule has 1 aliphatic heterocycles. The Bertz CT molecular complexity index is 898. The van der Waals surface area contributed by atoms with Crippen LogP contribution >= 0.6 is 0 Å². The maximum Gasteiger partial charge on any atom is 0.243 e. The number of hydrogen-bond acceptors (Lipinski definition) is 4. The number of amides is 1. The molecule has 1 N–H and O–H groups in total. The summed E-state index contributed by atoms with van der Waals surface area (Å²) in [7, 11) is -3.71. The monoisotopic (exact) mass is 392 g/mol. The van der Waals surface area contributed by atoms with Crippen molar-refractivity contribution in [3.63, 3.8) is 0 Å². The Morgan fingerprint density at radius 2 is 1.63 bits per heavy atom. The predicted octanol–water partition coefficient (Wildman–Crippen LogP) is 2.00. The minimum Gasteiger partial charge on any atom is -0.508 e. The highest BCUT2D eigenvalue weighted by Crippen LogP contribution is 2.19. The number of nitrogens with zero attached hydrogens (tertiary/aromatic N) is 2. The molecule has 1 fully saturated rings. The molecule has 0 spiro atoms. The normalized spacial score (nSPS) is 16.1. The molecule has 8 heteroatoms. The molecule has 0 bridgehead atoms. The van der Waals surface area contributed by atoms with Gasteiger partial charge in [-0.05, 0) is 48.4 Å². The van der Waals surface area contributed by atoms with Crippen molar-refractivity contribution >= 4 is 15.9 Å². The zero-order valence-corrected chi connectivity index (χ0v) is 15.5. The minimum atomic E-state index is -3.71. The molecule has 0 atom stereocenters. The van der Waals surface area contributed by atoms with Gasteiger partial charge in [-0.2, -0.15) is 4.31 Å². The van der Waals surface area contributed by atoms with E-state index < -0.39 is 15.8 Å². The van der Waals surface area contributed by atoms with Crippen LogP contribution < -0.4 is 0 Å². The summed E-state index contributed by atoms with van der Waals surface area (Å²) in [6.07, 6.45) is 0.729. The van der Waals surface area contributed by atoms with Gasteiger partial charge in [0.25, 0.3) is 0 Å². The number of sulfonamides is 1. The molecule has 3 rings (SSSR count). The first-order valence-electron chi connectivity index (χ1n) is 8.68. The molecule has 144 valence electrons. The summed E-state index contributed by atoms with van der Waals surface area (Å²) in [6, 6.07) is 11.2. The van der Waals surface area contributed by atoms with Gasteiger partial charge in [-0.25, -0.2) is 12.8 Å². The topological polar surface area (TPSA) is 77.9 Å². The van der Waals surface area contributed by atoms with Crippen molar-refractivity contribution < 1.29 is 22.7 Å². The molecule has 27 heavy (non-hydrogen) atoms. The largest absolute Gasteiger partial charge is 0.508 e. The Morgan fingerprint density at radius 3 is 2.30 bits per heavy atom. The SMILES string of the molecule is O=C(Cc1ccc(O)cc1)N1CCCN(S(=O)(=O)c2ccc(F)cc2)CC1. The molecule has 6 nitrogen and oxygen atoms in total. The van der Waals surface area contributed by atoms with E-state index in [1.807, 2.05) is 0 Å². The average molecular weight is 392 g/mol. The van der Waals surface area contributed by atoms with Gasteiger partial charge in [0.2, 0.25) is 15.9 Å². The van der Waals surface area contributed by atoms with Crippen molar-refractivity contribution in [2.24, 2.45) is 0 Å². The molecule has 1 saturated heterocycles. The lowest BCUT2D eigenvalue weighted by Gasteiger charge is -2.22. The van der Waals surface area contributed by atoms with Gasteiger partial charge >= 0.3 is 0 Å². The number of phenolic OH excluding ortho intramolecular Hbond substituents is 1. The van der Waals surface area contributed by atoms with Crippen molar-refractivity contribution in [2.45, 2.75) is 17.7 Å². The average Bonchev–Trinajstić information content (AvgIpc) is 2.91. The van der Waals surface area contributed by atoms with E-state index in [-0.39, 0.29) is 29.5 Å². The third kappa shape index (κ3) is 4.64. The third-order valence-corrected chi connectivity index (χ3v) is 6.46. The molecule has 2 aromatic rings. The van der Waals surface area contributed by atoms with Crippen molar-refractivity contribution in [3.8, 4) is 5.75 Å². The molecule has 0 radical (unpaired) electrons. The number of benzene rings is 2. The van der Waals surface area contributed by atoms with Crippen LogP contribution in [0.15, 0.2) is 53.4 Å². The van der Waals surface area contributed by atoms with Crippen LogP contribution in [0.4, 0.5) is 4.39 Å². The van der Waals surface area contributed by atoms with Crippen LogP contribution in [0.1, 0.15) is 12.0 Å². The molecule has 0 aliphatic carbocycles. The standard InChI is InChI=1S/C19H21FN2O4S/c20-16-4-8-18(9-5-16)27(25,26)22-11-1-10-21(12-13-22)19(24)14-15-2-6-17(23)7-3-15/h2-9,23H,1,10-14H2. The molecule has 0 aromatic heterocycles. The van der Waals surface area contributed by atoms with Crippen LogP contribution in [0.2, 0.25) is 0 Å². The molecule has 2 aromatic carbocycles. The Balaban J connectivity index is 1.65. The molecule has 1 amide bonds. The smallest absolute Gasteiger partial charge is 0.243 e. The van der Waals surface area contributed by atoms with E-state index in [0.29, 0.717) is 26.1 Å². The fraction of sp³-hybridized carbons (Fsp3) is 0.316. The fourth-order valence-electron chi connectivity index (χ4n) is 3.04. The van der Waals surface area contributed by atoms with Crippen molar-refractivity contribution in [3.05, 3.63) is 59.9 Å². The zero-order chi connectivity index (χ0) is 19.4. The maximum absolute atomic E-state index is 13.1. The van der Waals surface area contributed by atoms with Gasteiger partial charge in [-0.3, -0.25) is 4.79 Å². The zero-order valence-electron chi connectivity index (χ0n) is 14.7. The highest BCUT2D eigenvalue weighted by molar-refractivity contribution is 7.89. The van der Waals surface area contributed by atoms with Gasteiger partial charge in [0.05, 0.1) is 11.3 Å². The summed E-state index contributed by atoms with van der Waals surface area (Å²) in [5.41, 5.74) is 0.790. The van der Waals surface area contributed by atoms with Crippen LogP contribution in [0.25, 0.3) is 0 Å². The Kier molecular flexibility index (Phi) is 5.76. The van der Waals surface area contributed by atoms with Crippen LogP contribution in [0, 0.1) is 5.82 Å². The van der Waals surface area contributed by atoms with Gasteiger partial charge in [0.15, 0.2) is 0 Å². The number of phenols is 1. The van der Waals surface area contributed by atoms with Crippen molar-refractivity contribution in [1.82, 2.24) is 9.21 Å². The van der Waals surface area contributed by atoms with E-state index in [1.165, 1.54) is 28.6 Å². The highest BCUT2D eigenvalue weighted by atomic mass is 32.2. The van der Waals surface area contributed by atoms with Gasteiger partial charge in [-0.15, -0.1) is 0 Å². The number of hydrogen-bond donors (Lipinski definition) is 1. The van der Waals surface area contributed by atoms with Gasteiger partial charge in [-0.1, -0.05) is 12.1 Å². The Morgan fingerprint density at radius 1 is 0.963 bits per heavy atom. The number of carbonyl (C=O) groups is 1. The first-order valence-corrected chi connectivity index (χ1v) is 10.1. The van der Waals surface area contributed by atoms with Gasteiger partial charge in [0, 0.05) is 26.2 Å². The fourth-order valence-corrected chi connectivity index (χ4v) is 4.51. The van der Waals surface area contributed by atoms with Crippen molar-refractivity contribution in [2.75, 3.05) is 26.2 Å². The summed E-state index contributed by atoms with van der Waals surface area (Å²) in [5, 5.41) is 9.31. The number of rotatable bonds is 4. The van der Waals surface area contributed by atoms with E-state index >= 15 is 0 Å². The first-order chi connectivity index (χ1) is 12.9. The number of aromatic hydroxyl groups is 1. The highest BCUT2D eigenvalue weighted by Gasteiger charge is 2.28. The lowest BCUT2D eigenvalue weighted by Crippen LogP contribution is -2.38. The molecular formula is C19H21FN2O4S. The molecule has 1 aliphatic rings. The molecule has 0 unspecified atom stereocenters. The van der Waals surface area contributed by atoms with E-state index in [0.717, 1.165) is 17.7 Å². The van der Waals surface area contributed by atoms with Gasteiger partial charge in [0.1, 0.15) is 11.6 Å². The number of carbonyl (C=O) groups excluding carboxylic acids is 1. The summed E-state index contributed by atoms with van der Waals surface area (Å²) in [5.74, 6) is -0.430. The summed E-state index contributed by atoms with van der Waals surface area (Å²) < 4.78 is 39.9. The maximum atomic E-state index is 13.1. The third-order valence-electron chi connectivity index (χ3n) is 4.55. The summed E-state index contributed by atoms with van der Waals surface area (Å²) in [4.78, 5) is 14.2. The van der Waals surface area contributed by atoms with E-state index in [4.69, 9.17) is 0 Å². The van der Waals surface area contributed by atoms with Crippen LogP contribution in [0.3, 0.4) is 0 Å². The molecule has 0 saturated carbocycles. The first kappa shape index (κ1) is 19.3. The van der Waals surface area contributed by atoms with Crippen LogP contribution in [-0.2, 0) is 21.2 Å². The predicted molar refractivity (Wildman–Crippen MR) is 98.2 cm³/mol. The second-order valence-corrected chi connectivity index (χ2v) is 8.37. The Labute approximate surface area is 157 Å². The summed E-state index contributed by atoms with van der Waals surface area (Å²) in [6.45, 7) is 1.29. The molecule has 1 heterocycles. The van der Waals surface area contributed by atoms with Gasteiger partial charge < -0.3 is 10.0 Å². The van der Waals surface area contributed by atoms with E-state index in [9.17, 15) is 22.7 Å². The van der Waals surface area contributed by atoms with Crippen LogP contribution in [0.5, 0.6) is 5.75 Å². The summed E-state index contributed by atoms with van der Waals surface area (Å²) >= 11 is 0. The van der Waals surface area contributed by atoms with Crippen LogP contribution in [-0.4, -0.2) is 54.8 Å². The van der Waals surface area contributed by atoms with E-state index in [1.54, 1.807) is 17.0 Å². The Hall–Kier alpha value is -2.45. The number of halogens is 1. The second-order valence-electron chi connectivity index (χ2n) is 6.44. The lowest BCUT2D eigenvalue weighted by molar-refractivity contribution is -0.130. The quantitative estimate of drug-likeness (QED) is 0.863.